The van der Waals surface area contributed by atoms with Crippen LogP contribution in [0.2, 0.25) is 5.02 Å². The zero-order valence-electron chi connectivity index (χ0n) is 25.8. The summed E-state index contributed by atoms with van der Waals surface area (Å²) < 4.78 is 11.6. The van der Waals surface area contributed by atoms with E-state index < -0.39 is 17.3 Å². The number of halogens is 1. The second-order valence-electron chi connectivity index (χ2n) is 11.2. The molecule has 0 amide bonds. The number of hydrogen-bond donors (Lipinski definition) is 2. The van der Waals surface area contributed by atoms with Gasteiger partial charge in [-0.2, -0.15) is 0 Å². The molecule has 0 spiro atoms. The fraction of sp³-hybridized carbons (Fsp3) is 0.211. The van der Waals surface area contributed by atoms with Gasteiger partial charge in [-0.15, -0.1) is 0 Å². The van der Waals surface area contributed by atoms with Crippen molar-refractivity contribution in [2.75, 3.05) is 6.54 Å². The van der Waals surface area contributed by atoms with Crippen molar-refractivity contribution in [1.29, 1.82) is 0 Å². The molecule has 5 aromatic rings. The third-order valence-electron chi connectivity index (χ3n) is 7.78. The summed E-state index contributed by atoms with van der Waals surface area (Å²) in [5, 5.41) is 35.0. The lowest BCUT2D eigenvalue weighted by Gasteiger charge is -2.30. The molecular formula is C38H37ClN2O6. The van der Waals surface area contributed by atoms with Gasteiger partial charge in [-0.1, -0.05) is 115 Å². The minimum absolute atomic E-state index is 0.0461. The smallest absolute Gasteiger partial charge is 0.311 e. The first-order valence-electron chi connectivity index (χ1n) is 15.4. The molecule has 0 aliphatic heterocycles. The van der Waals surface area contributed by atoms with Crippen molar-refractivity contribution >= 4 is 17.3 Å². The number of aryl methyl sites for hydroxylation is 1. The van der Waals surface area contributed by atoms with Crippen molar-refractivity contribution < 1.29 is 24.6 Å². The monoisotopic (exact) mass is 652 g/mol. The highest BCUT2D eigenvalue weighted by atomic mass is 35.5. The lowest BCUT2D eigenvalue weighted by Crippen LogP contribution is -2.38. The van der Waals surface area contributed by atoms with Gasteiger partial charge in [0.05, 0.1) is 16.0 Å². The van der Waals surface area contributed by atoms with Crippen molar-refractivity contribution in [3.8, 4) is 11.5 Å². The topological polar surface area (TPSA) is 105 Å². The molecule has 0 radical (unpaired) electrons. The molecule has 0 aliphatic carbocycles. The van der Waals surface area contributed by atoms with Crippen LogP contribution in [0.25, 0.3) is 0 Å². The Morgan fingerprint density at radius 3 is 1.83 bits per heavy atom. The van der Waals surface area contributed by atoms with E-state index >= 15 is 0 Å². The number of nitro benzene ring substituents is 1. The maximum atomic E-state index is 11.9. The first kappa shape index (κ1) is 33.6. The fourth-order valence-corrected chi connectivity index (χ4v) is 5.47. The molecule has 0 saturated heterocycles. The van der Waals surface area contributed by atoms with E-state index in [1.807, 2.05) is 109 Å². The third kappa shape index (κ3) is 9.88. The summed E-state index contributed by atoms with van der Waals surface area (Å²) in [5.74, 6) is 0.699. The van der Waals surface area contributed by atoms with Crippen molar-refractivity contribution in [2.24, 2.45) is 0 Å². The normalized spacial score (nSPS) is 12.4. The summed E-state index contributed by atoms with van der Waals surface area (Å²) in [5.41, 5.74) is 3.93. The number of rotatable bonds is 16. The molecule has 5 aromatic carbocycles. The molecule has 8 nitrogen and oxygen atoms in total. The number of aliphatic hydroxyl groups excluding tert-OH is 2. The molecule has 2 atom stereocenters. The van der Waals surface area contributed by atoms with Crippen molar-refractivity contribution in [3.05, 3.63) is 170 Å². The summed E-state index contributed by atoms with van der Waals surface area (Å²) in [7, 11) is 0. The summed E-state index contributed by atoms with van der Waals surface area (Å²) in [6.45, 7) is 0.994. The summed E-state index contributed by atoms with van der Waals surface area (Å²) in [6, 6.07) is 38.9. The molecule has 0 bridgehead atoms. The van der Waals surface area contributed by atoms with Crippen LogP contribution in [0.1, 0.15) is 40.3 Å². The van der Waals surface area contributed by atoms with Gasteiger partial charge in [0.1, 0.15) is 25.2 Å². The van der Waals surface area contributed by atoms with E-state index in [0.717, 1.165) is 22.3 Å². The Morgan fingerprint density at radius 2 is 1.26 bits per heavy atom. The molecule has 47 heavy (non-hydrogen) atoms. The zero-order chi connectivity index (χ0) is 33.0. The third-order valence-corrected chi connectivity index (χ3v) is 8.08. The number of ether oxygens (including phenoxy) is 2. The number of aliphatic hydroxyl groups is 2. The Kier molecular flexibility index (Phi) is 12.0. The first-order valence-corrected chi connectivity index (χ1v) is 15.8. The second kappa shape index (κ2) is 16.7. The molecule has 0 fully saturated rings. The van der Waals surface area contributed by atoms with E-state index in [4.69, 9.17) is 21.1 Å². The Morgan fingerprint density at radius 1 is 0.702 bits per heavy atom. The fourth-order valence-electron chi connectivity index (χ4n) is 5.21. The van der Waals surface area contributed by atoms with Gasteiger partial charge in [0, 0.05) is 19.2 Å². The Labute approximate surface area is 279 Å². The second-order valence-corrected chi connectivity index (χ2v) is 11.7. The average molecular weight is 653 g/mol. The molecule has 242 valence electrons. The predicted octanol–water partition coefficient (Wildman–Crippen LogP) is 7.89. The van der Waals surface area contributed by atoms with E-state index in [1.54, 1.807) is 11.0 Å². The lowest BCUT2D eigenvalue weighted by molar-refractivity contribution is -0.386. The van der Waals surface area contributed by atoms with Gasteiger partial charge < -0.3 is 19.7 Å². The van der Waals surface area contributed by atoms with Crippen LogP contribution in [-0.2, 0) is 26.2 Å². The van der Waals surface area contributed by atoms with E-state index in [9.17, 15) is 20.3 Å². The molecule has 0 aliphatic rings. The van der Waals surface area contributed by atoms with Gasteiger partial charge in [-0.25, -0.2) is 0 Å². The number of hydrogen-bond acceptors (Lipinski definition) is 7. The highest BCUT2D eigenvalue weighted by Crippen LogP contribution is 2.32. The van der Waals surface area contributed by atoms with Crippen molar-refractivity contribution in [3.63, 3.8) is 0 Å². The minimum Gasteiger partial charge on any atom is -0.487 e. The van der Waals surface area contributed by atoms with Crippen LogP contribution in [0.4, 0.5) is 5.69 Å². The van der Waals surface area contributed by atoms with Gasteiger partial charge >= 0.3 is 5.69 Å². The molecule has 0 aromatic heterocycles. The van der Waals surface area contributed by atoms with Crippen LogP contribution >= 0.6 is 11.6 Å². The van der Waals surface area contributed by atoms with Crippen LogP contribution in [0.15, 0.2) is 127 Å². The molecule has 0 heterocycles. The number of nitrogens with zero attached hydrogens (tertiary/aromatic N) is 2. The Hall–Kier alpha value is -4.73. The summed E-state index contributed by atoms with van der Waals surface area (Å²) >= 11 is 6.53. The summed E-state index contributed by atoms with van der Waals surface area (Å²) in [4.78, 5) is 13.2. The van der Waals surface area contributed by atoms with Gasteiger partial charge in [0.25, 0.3) is 0 Å². The predicted molar refractivity (Wildman–Crippen MR) is 182 cm³/mol. The highest BCUT2D eigenvalue weighted by Gasteiger charge is 2.24. The molecular weight excluding hydrogens is 616 g/mol. The Balaban J connectivity index is 1.25. The van der Waals surface area contributed by atoms with Gasteiger partial charge in [0.15, 0.2) is 5.75 Å². The van der Waals surface area contributed by atoms with E-state index in [2.05, 4.69) is 0 Å². The molecule has 0 unspecified atom stereocenters. The zero-order valence-corrected chi connectivity index (χ0v) is 26.6. The molecule has 2 N–H and O–H groups in total. The Bertz CT molecular complexity index is 1720. The number of benzene rings is 5. The largest absolute Gasteiger partial charge is 0.487 e. The van der Waals surface area contributed by atoms with Crippen LogP contribution in [0.5, 0.6) is 11.5 Å². The van der Waals surface area contributed by atoms with Crippen LogP contribution in [0.3, 0.4) is 0 Å². The van der Waals surface area contributed by atoms with Gasteiger partial charge in [-0.05, 0) is 58.9 Å². The van der Waals surface area contributed by atoms with Crippen LogP contribution < -0.4 is 9.47 Å². The summed E-state index contributed by atoms with van der Waals surface area (Å²) in [6.07, 6.45) is -1.13. The van der Waals surface area contributed by atoms with E-state index in [1.165, 1.54) is 12.1 Å². The van der Waals surface area contributed by atoms with Crippen molar-refractivity contribution in [1.82, 2.24) is 4.90 Å². The first-order chi connectivity index (χ1) is 22.9. The van der Waals surface area contributed by atoms with Gasteiger partial charge in [0.2, 0.25) is 0 Å². The minimum atomic E-state index is -1.11. The lowest BCUT2D eigenvalue weighted by atomic mass is 10.1. The number of nitro groups is 1. The molecule has 9 heteroatoms. The molecule has 5 rings (SSSR count). The maximum absolute atomic E-state index is 11.9. The van der Waals surface area contributed by atoms with Gasteiger partial charge in [-0.3, -0.25) is 15.0 Å². The maximum Gasteiger partial charge on any atom is 0.311 e. The molecule has 0 saturated carbocycles. The van der Waals surface area contributed by atoms with Crippen molar-refractivity contribution in [2.45, 2.75) is 44.9 Å². The van der Waals surface area contributed by atoms with E-state index in [-0.39, 0.29) is 24.6 Å². The van der Waals surface area contributed by atoms with E-state index in [0.29, 0.717) is 42.3 Å². The average Bonchev–Trinajstić information content (AvgIpc) is 3.10. The quantitative estimate of drug-likeness (QED) is 0.0634. The van der Waals surface area contributed by atoms with Crippen LogP contribution in [0, 0.1) is 10.1 Å². The van der Waals surface area contributed by atoms with Crippen LogP contribution in [-0.4, -0.2) is 32.8 Å². The standard InChI is InChI=1S/C38H37ClN2O6/c39-33-22-28(16-19-36(33)46-26-30-12-6-2-7-13-30)17-21-38(43)40(24-29-10-4-1-5-11-29)25-35(42)32-18-20-37(34(23-32)41(44)45)47-27-31-14-8-3-9-15-31/h1-16,18-20,22-23,35,38,42-43H,17,21,24-27H2/t35-,38-/m0/s1. The highest BCUT2D eigenvalue weighted by molar-refractivity contribution is 6.32. The SMILES string of the molecule is O=[N+]([O-])c1cc([C@@H](O)CN(Cc2ccccc2)[C@@H](O)CCc2ccc(OCc3ccccc3)c(Cl)c2)ccc1OCc1ccccc1.